The third kappa shape index (κ3) is 2.92. The maximum absolute atomic E-state index is 10.8. The molecule has 0 aromatic heterocycles. The lowest BCUT2D eigenvalue weighted by Crippen LogP contribution is -2.30. The van der Waals surface area contributed by atoms with Crippen molar-refractivity contribution in [2.75, 3.05) is 19.2 Å². The lowest BCUT2D eigenvalue weighted by atomic mass is 10.7. The molecule has 0 fully saturated rings. The molecule has 0 aromatic rings. The van der Waals surface area contributed by atoms with Gasteiger partial charge in [0.05, 0.1) is 12.6 Å². The van der Waals surface area contributed by atoms with E-state index in [4.69, 9.17) is 11.6 Å². The first-order valence-electron chi connectivity index (χ1n) is 3.23. The number of hydrogen-bond acceptors (Lipinski definition) is 2. The summed E-state index contributed by atoms with van der Waals surface area (Å²) < 4.78 is 4.69. The van der Waals surface area contributed by atoms with Gasteiger partial charge in [-0.1, -0.05) is 0 Å². The molecule has 0 bridgehead atoms. The minimum Gasteiger partial charge on any atom is -0.450 e. The molecule has 0 aliphatic heterocycles. The van der Waals surface area contributed by atoms with E-state index in [0.29, 0.717) is 13.2 Å². The number of carbonyl (C=O) groups excluding carboxylic acids is 1. The highest BCUT2D eigenvalue weighted by Gasteiger charge is 2.08. The predicted molar refractivity (Wildman–Crippen MR) is 40.1 cm³/mol. The largest absolute Gasteiger partial charge is 0.450 e. The molecule has 0 aromatic carbocycles. The van der Waals surface area contributed by atoms with Crippen molar-refractivity contribution in [1.29, 1.82) is 0 Å². The van der Waals surface area contributed by atoms with Crippen molar-refractivity contribution in [2.24, 2.45) is 0 Å². The summed E-state index contributed by atoms with van der Waals surface area (Å²) in [7, 11) is 0. The minimum atomic E-state index is -0.347. The molecule has 1 amide bonds. The van der Waals surface area contributed by atoms with Gasteiger partial charge in [-0.3, -0.25) is 4.90 Å². The number of alkyl halides is 1. The van der Waals surface area contributed by atoms with Crippen molar-refractivity contribution in [1.82, 2.24) is 4.90 Å². The molecule has 0 unspecified atom stereocenters. The van der Waals surface area contributed by atoms with Gasteiger partial charge in [-0.05, 0) is 13.8 Å². The van der Waals surface area contributed by atoms with Gasteiger partial charge in [0.2, 0.25) is 0 Å². The molecule has 4 heteroatoms. The Morgan fingerprint density at radius 1 is 1.60 bits per heavy atom. The van der Waals surface area contributed by atoms with Crippen molar-refractivity contribution >= 4 is 17.7 Å². The summed E-state index contributed by atoms with van der Waals surface area (Å²) in [5, 5.41) is 0. The fraction of sp³-hybridized carbons (Fsp3) is 0.833. The molecular weight excluding hydrogens is 154 g/mol. The van der Waals surface area contributed by atoms with Gasteiger partial charge in [0.1, 0.15) is 0 Å². The maximum Gasteiger partial charge on any atom is 0.410 e. The molecule has 0 heterocycles. The lowest BCUT2D eigenvalue weighted by Gasteiger charge is -2.15. The molecule has 0 aliphatic carbocycles. The fourth-order valence-corrected chi connectivity index (χ4v) is 0.744. The second-order valence-electron chi connectivity index (χ2n) is 1.67. The van der Waals surface area contributed by atoms with E-state index < -0.39 is 0 Å². The van der Waals surface area contributed by atoms with Crippen molar-refractivity contribution in [3.8, 4) is 0 Å². The number of hydrogen-bond donors (Lipinski definition) is 0. The smallest absolute Gasteiger partial charge is 0.410 e. The van der Waals surface area contributed by atoms with Gasteiger partial charge >= 0.3 is 6.09 Å². The van der Waals surface area contributed by atoms with Crippen molar-refractivity contribution < 1.29 is 9.53 Å². The molecule has 0 N–H and O–H groups in total. The van der Waals surface area contributed by atoms with E-state index in [0.717, 1.165) is 0 Å². The molecule has 60 valence electrons. The van der Waals surface area contributed by atoms with E-state index in [2.05, 4.69) is 4.74 Å². The minimum absolute atomic E-state index is 0.190. The molecule has 3 nitrogen and oxygen atoms in total. The summed E-state index contributed by atoms with van der Waals surface area (Å²) >= 11 is 5.42. The van der Waals surface area contributed by atoms with Crippen LogP contribution in [0, 0.1) is 0 Å². The summed E-state index contributed by atoms with van der Waals surface area (Å²) in [5.41, 5.74) is 0. The van der Waals surface area contributed by atoms with Crippen LogP contribution in [0.4, 0.5) is 4.79 Å². The Balaban J connectivity index is 3.65. The number of amides is 1. The van der Waals surface area contributed by atoms with Gasteiger partial charge in [-0.25, -0.2) is 4.79 Å². The Labute approximate surface area is 65.9 Å². The molecule has 0 atom stereocenters. The van der Waals surface area contributed by atoms with Gasteiger partial charge in [0.25, 0.3) is 0 Å². The highest BCUT2D eigenvalue weighted by molar-refractivity contribution is 6.18. The van der Waals surface area contributed by atoms with Crippen LogP contribution in [0.5, 0.6) is 0 Å². The number of carbonyl (C=O) groups is 1. The molecule has 0 saturated carbocycles. The van der Waals surface area contributed by atoms with Crippen LogP contribution in [-0.4, -0.2) is 30.1 Å². The zero-order valence-electron chi connectivity index (χ0n) is 6.26. The topological polar surface area (TPSA) is 29.5 Å². The van der Waals surface area contributed by atoms with Gasteiger partial charge in [0, 0.05) is 6.54 Å². The van der Waals surface area contributed by atoms with Crippen LogP contribution in [0.1, 0.15) is 13.8 Å². The highest BCUT2D eigenvalue weighted by Crippen LogP contribution is 1.94. The zero-order chi connectivity index (χ0) is 7.98. The van der Waals surface area contributed by atoms with Crippen LogP contribution in [0.3, 0.4) is 0 Å². The second kappa shape index (κ2) is 5.35. The molecule has 10 heavy (non-hydrogen) atoms. The van der Waals surface area contributed by atoms with Crippen LogP contribution in [-0.2, 0) is 4.74 Å². The van der Waals surface area contributed by atoms with Crippen LogP contribution < -0.4 is 0 Å². The Morgan fingerprint density at radius 3 is 2.50 bits per heavy atom. The third-order valence-corrected chi connectivity index (χ3v) is 1.34. The average Bonchev–Trinajstić information content (AvgIpc) is 1.91. The molecule has 0 rings (SSSR count). The Kier molecular flexibility index (Phi) is 5.12. The predicted octanol–water partition coefficient (Wildman–Crippen LogP) is 1.66. The summed E-state index contributed by atoms with van der Waals surface area (Å²) in [4.78, 5) is 12.2. The third-order valence-electron chi connectivity index (χ3n) is 1.05. The lowest BCUT2D eigenvalue weighted by molar-refractivity contribution is 0.115. The normalized spacial score (nSPS) is 9.10. The Morgan fingerprint density at radius 2 is 2.20 bits per heavy atom. The maximum atomic E-state index is 10.8. The van der Waals surface area contributed by atoms with E-state index >= 15 is 0 Å². The van der Waals surface area contributed by atoms with Crippen LogP contribution in [0.15, 0.2) is 0 Å². The van der Waals surface area contributed by atoms with E-state index in [1.165, 1.54) is 4.90 Å². The monoisotopic (exact) mass is 165 g/mol. The van der Waals surface area contributed by atoms with Crippen molar-refractivity contribution in [2.45, 2.75) is 13.8 Å². The SMILES string of the molecule is CCOC(=O)N(CC)CCl. The van der Waals surface area contributed by atoms with E-state index in [9.17, 15) is 4.79 Å². The first-order chi connectivity index (χ1) is 4.76. The second-order valence-corrected chi connectivity index (χ2v) is 1.91. The summed E-state index contributed by atoms with van der Waals surface area (Å²) in [5.74, 6) is 0. The molecule has 0 aliphatic rings. The van der Waals surface area contributed by atoms with Crippen molar-refractivity contribution in [3.05, 3.63) is 0 Å². The zero-order valence-corrected chi connectivity index (χ0v) is 7.02. The summed E-state index contributed by atoms with van der Waals surface area (Å²) in [6.45, 7) is 4.59. The molecular formula is C6H12ClNO2. The van der Waals surface area contributed by atoms with Crippen molar-refractivity contribution in [3.63, 3.8) is 0 Å². The number of rotatable bonds is 3. The number of halogens is 1. The fourth-order valence-electron chi connectivity index (χ4n) is 0.477. The van der Waals surface area contributed by atoms with Gasteiger partial charge in [-0.2, -0.15) is 0 Å². The highest BCUT2D eigenvalue weighted by atomic mass is 35.5. The quantitative estimate of drug-likeness (QED) is 0.470. The summed E-state index contributed by atoms with van der Waals surface area (Å²) in [6.07, 6.45) is -0.347. The standard InChI is InChI=1S/C6H12ClNO2/c1-3-8(5-7)6(9)10-4-2/h3-5H2,1-2H3. The Hall–Kier alpha value is -0.440. The van der Waals surface area contributed by atoms with E-state index in [1.807, 2.05) is 6.92 Å². The Bertz CT molecular complexity index is 104. The van der Waals surface area contributed by atoms with Gasteiger partial charge in [0.15, 0.2) is 0 Å². The average molecular weight is 166 g/mol. The van der Waals surface area contributed by atoms with E-state index in [-0.39, 0.29) is 12.1 Å². The number of nitrogens with zero attached hydrogens (tertiary/aromatic N) is 1. The van der Waals surface area contributed by atoms with Crippen LogP contribution in [0.25, 0.3) is 0 Å². The number of ether oxygens (including phenoxy) is 1. The molecule has 0 radical (unpaired) electrons. The van der Waals surface area contributed by atoms with Gasteiger partial charge < -0.3 is 4.74 Å². The summed E-state index contributed by atoms with van der Waals surface area (Å²) in [6, 6.07) is 0.190. The van der Waals surface area contributed by atoms with E-state index in [1.54, 1.807) is 6.92 Å². The van der Waals surface area contributed by atoms with Crippen LogP contribution >= 0.6 is 11.6 Å². The first kappa shape index (κ1) is 9.56. The van der Waals surface area contributed by atoms with Crippen LogP contribution in [0.2, 0.25) is 0 Å². The first-order valence-corrected chi connectivity index (χ1v) is 3.77. The van der Waals surface area contributed by atoms with Gasteiger partial charge in [-0.15, -0.1) is 11.6 Å². The molecule has 0 spiro atoms. The molecule has 0 saturated heterocycles.